The van der Waals surface area contributed by atoms with Crippen molar-refractivity contribution in [2.75, 3.05) is 13.1 Å². The second-order valence-corrected chi connectivity index (χ2v) is 4.62. The summed E-state index contributed by atoms with van der Waals surface area (Å²) in [7, 11) is 0. The summed E-state index contributed by atoms with van der Waals surface area (Å²) < 4.78 is 5.16. The maximum Gasteiger partial charge on any atom is 0.239 e. The number of amides is 2. The van der Waals surface area contributed by atoms with E-state index in [1.54, 1.807) is 12.3 Å². The van der Waals surface area contributed by atoms with E-state index < -0.39 is 0 Å². The quantitative estimate of drug-likeness (QED) is 0.806. The van der Waals surface area contributed by atoms with Crippen molar-refractivity contribution in [2.24, 2.45) is 0 Å². The van der Waals surface area contributed by atoms with E-state index in [4.69, 9.17) is 4.42 Å². The zero-order valence-electron chi connectivity index (χ0n) is 11.7. The molecule has 0 bridgehead atoms. The van der Waals surface area contributed by atoms with Crippen molar-refractivity contribution >= 4 is 11.8 Å². The summed E-state index contributed by atoms with van der Waals surface area (Å²) in [5.41, 5.74) is 0.924. The molecule has 0 fully saturated rings. The molecule has 0 saturated heterocycles. The molecule has 0 aliphatic heterocycles. The van der Waals surface area contributed by atoms with Gasteiger partial charge in [0.25, 0.3) is 0 Å². The van der Waals surface area contributed by atoms with Gasteiger partial charge in [-0.3, -0.25) is 9.59 Å². The molecule has 0 atom stereocenters. The Kier molecular flexibility index (Phi) is 5.58. The Labute approximate surface area is 123 Å². The number of carbonyl (C=O) groups is 2. The monoisotopic (exact) mass is 286 g/mol. The van der Waals surface area contributed by atoms with Crippen LogP contribution in [0.5, 0.6) is 0 Å². The maximum atomic E-state index is 11.7. The summed E-state index contributed by atoms with van der Waals surface area (Å²) in [5.74, 6) is 0.453. The van der Waals surface area contributed by atoms with Gasteiger partial charge in [-0.15, -0.1) is 0 Å². The van der Waals surface area contributed by atoms with Gasteiger partial charge in [0.2, 0.25) is 11.8 Å². The van der Waals surface area contributed by atoms with Gasteiger partial charge in [0.05, 0.1) is 19.2 Å². The molecule has 1 heterocycles. The van der Waals surface area contributed by atoms with E-state index in [9.17, 15) is 9.59 Å². The number of hydrogen-bond donors (Lipinski definition) is 2. The third kappa shape index (κ3) is 5.52. The second kappa shape index (κ2) is 7.89. The van der Waals surface area contributed by atoms with Crippen molar-refractivity contribution in [1.29, 1.82) is 0 Å². The standard InChI is InChI=1S/C16H18N2O3/c19-15(11-13-5-2-1-3-6-13)18-12-16(20)17-9-8-14-7-4-10-21-14/h1-7,10H,8-9,11-12H2,(H,17,20)(H,18,19). The molecule has 0 aliphatic rings. The Morgan fingerprint density at radius 2 is 1.76 bits per heavy atom. The van der Waals surface area contributed by atoms with Crippen LogP contribution in [0.15, 0.2) is 53.1 Å². The molecule has 5 nitrogen and oxygen atoms in total. The maximum absolute atomic E-state index is 11.7. The summed E-state index contributed by atoms with van der Waals surface area (Å²) in [4.78, 5) is 23.2. The van der Waals surface area contributed by atoms with E-state index in [0.29, 0.717) is 13.0 Å². The molecule has 1 aromatic heterocycles. The first-order chi connectivity index (χ1) is 10.2. The highest BCUT2D eigenvalue weighted by molar-refractivity contribution is 5.85. The third-order valence-corrected chi connectivity index (χ3v) is 2.93. The van der Waals surface area contributed by atoms with Crippen LogP contribution in [-0.2, 0) is 22.4 Å². The van der Waals surface area contributed by atoms with Crippen LogP contribution in [0.2, 0.25) is 0 Å². The molecule has 2 aromatic rings. The molecule has 0 aliphatic carbocycles. The number of hydrogen-bond acceptors (Lipinski definition) is 3. The first-order valence-electron chi connectivity index (χ1n) is 6.84. The fourth-order valence-electron chi connectivity index (χ4n) is 1.87. The second-order valence-electron chi connectivity index (χ2n) is 4.62. The van der Waals surface area contributed by atoms with Crippen molar-refractivity contribution in [2.45, 2.75) is 12.8 Å². The summed E-state index contributed by atoms with van der Waals surface area (Å²) in [6.07, 6.45) is 2.51. The zero-order chi connectivity index (χ0) is 14.9. The Hall–Kier alpha value is -2.56. The SMILES string of the molecule is O=C(CNC(=O)Cc1ccccc1)NCCc1ccco1. The molecule has 0 radical (unpaired) electrons. The van der Waals surface area contributed by atoms with Crippen molar-refractivity contribution in [3.8, 4) is 0 Å². The Bertz CT molecular complexity index is 564. The average molecular weight is 286 g/mol. The summed E-state index contributed by atoms with van der Waals surface area (Å²) in [6.45, 7) is 0.477. The van der Waals surface area contributed by atoms with Crippen LogP contribution in [-0.4, -0.2) is 24.9 Å². The first-order valence-corrected chi connectivity index (χ1v) is 6.84. The molecule has 0 saturated carbocycles. The van der Waals surface area contributed by atoms with Crippen molar-refractivity contribution in [3.05, 3.63) is 60.1 Å². The lowest BCUT2D eigenvalue weighted by Crippen LogP contribution is -2.38. The van der Waals surface area contributed by atoms with E-state index in [1.807, 2.05) is 36.4 Å². The average Bonchev–Trinajstić information content (AvgIpc) is 2.99. The van der Waals surface area contributed by atoms with Crippen LogP contribution in [0.25, 0.3) is 0 Å². The highest BCUT2D eigenvalue weighted by atomic mass is 16.3. The number of nitrogens with one attached hydrogen (secondary N) is 2. The van der Waals surface area contributed by atoms with Gasteiger partial charge < -0.3 is 15.1 Å². The number of benzene rings is 1. The lowest BCUT2D eigenvalue weighted by molar-refractivity contribution is -0.125. The molecular weight excluding hydrogens is 268 g/mol. The Morgan fingerprint density at radius 1 is 0.952 bits per heavy atom. The lowest BCUT2D eigenvalue weighted by atomic mass is 10.1. The lowest BCUT2D eigenvalue weighted by Gasteiger charge is -2.06. The van der Waals surface area contributed by atoms with Crippen molar-refractivity contribution in [3.63, 3.8) is 0 Å². The minimum absolute atomic E-state index is 0.0101. The largest absolute Gasteiger partial charge is 0.469 e. The normalized spacial score (nSPS) is 10.1. The van der Waals surface area contributed by atoms with E-state index >= 15 is 0 Å². The number of rotatable bonds is 7. The van der Waals surface area contributed by atoms with Crippen LogP contribution in [0.1, 0.15) is 11.3 Å². The van der Waals surface area contributed by atoms with Gasteiger partial charge in [0.15, 0.2) is 0 Å². The first kappa shape index (κ1) is 14.8. The van der Waals surface area contributed by atoms with Gasteiger partial charge in [-0.1, -0.05) is 30.3 Å². The predicted molar refractivity (Wildman–Crippen MR) is 78.6 cm³/mol. The summed E-state index contributed by atoms with van der Waals surface area (Å²) in [5, 5.41) is 5.33. The molecule has 2 rings (SSSR count). The molecular formula is C16H18N2O3. The molecule has 0 unspecified atom stereocenters. The third-order valence-electron chi connectivity index (χ3n) is 2.93. The van der Waals surface area contributed by atoms with E-state index in [2.05, 4.69) is 10.6 Å². The summed E-state index contributed by atoms with van der Waals surface area (Å²) >= 11 is 0. The number of carbonyl (C=O) groups excluding carboxylic acids is 2. The molecule has 2 N–H and O–H groups in total. The highest BCUT2D eigenvalue weighted by Gasteiger charge is 2.06. The van der Waals surface area contributed by atoms with Gasteiger partial charge >= 0.3 is 0 Å². The molecule has 1 aromatic carbocycles. The molecule has 110 valence electrons. The number of furan rings is 1. The Morgan fingerprint density at radius 3 is 2.48 bits per heavy atom. The minimum atomic E-state index is -0.206. The van der Waals surface area contributed by atoms with Gasteiger partial charge in [-0.2, -0.15) is 0 Å². The van der Waals surface area contributed by atoms with Gasteiger partial charge in [0, 0.05) is 13.0 Å². The summed E-state index contributed by atoms with van der Waals surface area (Å²) in [6, 6.07) is 13.1. The van der Waals surface area contributed by atoms with Gasteiger partial charge in [0.1, 0.15) is 5.76 Å². The fourth-order valence-corrected chi connectivity index (χ4v) is 1.87. The molecule has 5 heteroatoms. The van der Waals surface area contributed by atoms with Crippen LogP contribution in [0.4, 0.5) is 0 Å². The smallest absolute Gasteiger partial charge is 0.239 e. The molecule has 0 spiro atoms. The highest BCUT2D eigenvalue weighted by Crippen LogP contribution is 2.00. The van der Waals surface area contributed by atoms with Crippen LogP contribution in [0.3, 0.4) is 0 Å². The van der Waals surface area contributed by atoms with Crippen LogP contribution in [0, 0.1) is 0 Å². The molecule has 2 amide bonds. The predicted octanol–water partition coefficient (Wildman–Crippen LogP) is 1.30. The minimum Gasteiger partial charge on any atom is -0.469 e. The van der Waals surface area contributed by atoms with Crippen molar-refractivity contribution in [1.82, 2.24) is 10.6 Å². The fraction of sp³-hybridized carbons (Fsp3) is 0.250. The van der Waals surface area contributed by atoms with Crippen molar-refractivity contribution < 1.29 is 14.0 Å². The van der Waals surface area contributed by atoms with Gasteiger partial charge in [-0.05, 0) is 17.7 Å². The van der Waals surface area contributed by atoms with E-state index in [1.165, 1.54) is 0 Å². The topological polar surface area (TPSA) is 71.3 Å². The zero-order valence-corrected chi connectivity index (χ0v) is 11.7. The van der Waals surface area contributed by atoms with E-state index in [-0.39, 0.29) is 24.8 Å². The molecule has 21 heavy (non-hydrogen) atoms. The van der Waals surface area contributed by atoms with Gasteiger partial charge in [-0.25, -0.2) is 0 Å². The Balaban J connectivity index is 1.61. The van der Waals surface area contributed by atoms with Crippen LogP contribution >= 0.6 is 0 Å². The van der Waals surface area contributed by atoms with E-state index in [0.717, 1.165) is 11.3 Å². The van der Waals surface area contributed by atoms with Crippen LogP contribution < -0.4 is 10.6 Å².